The summed E-state index contributed by atoms with van der Waals surface area (Å²) in [6.07, 6.45) is 2.93. The second-order valence-corrected chi connectivity index (χ2v) is 2.94. The van der Waals surface area contributed by atoms with Gasteiger partial charge >= 0.3 is 0 Å². The Kier molecular flexibility index (Phi) is 5.04. The molecule has 3 heteroatoms. The molecular formula is C12H12O3. The lowest BCUT2D eigenvalue weighted by molar-refractivity contribution is -0.119. The molecule has 0 spiro atoms. The summed E-state index contributed by atoms with van der Waals surface area (Å²) in [5, 5.41) is 0. The fourth-order valence-corrected chi connectivity index (χ4v) is 1.04. The Balaban J connectivity index is 2.25. The average molecular weight is 204 g/mol. The molecule has 0 fully saturated rings. The van der Waals surface area contributed by atoms with Gasteiger partial charge in [-0.15, -0.1) is 0 Å². The number of carbonyl (C=O) groups excluding carboxylic acids is 2. The van der Waals surface area contributed by atoms with E-state index in [2.05, 4.69) is 0 Å². The van der Waals surface area contributed by atoms with Crippen molar-refractivity contribution >= 4 is 12.1 Å². The fourth-order valence-electron chi connectivity index (χ4n) is 1.04. The molecule has 0 heterocycles. The molecule has 0 aromatic heterocycles. The molecule has 1 rings (SSSR count). The monoisotopic (exact) mass is 204 g/mol. The standard InChI is InChI=1S/C12H12O3/c13-8-4-7-12(14)10-15-9-11-5-2-1-3-6-11/h1-8H,9-10H2/b7-4-. The van der Waals surface area contributed by atoms with Crippen LogP contribution in [-0.4, -0.2) is 18.7 Å². The highest BCUT2D eigenvalue weighted by Crippen LogP contribution is 2.00. The van der Waals surface area contributed by atoms with Gasteiger partial charge in [-0.25, -0.2) is 0 Å². The molecule has 0 amide bonds. The van der Waals surface area contributed by atoms with Gasteiger partial charge in [-0.3, -0.25) is 9.59 Å². The molecule has 15 heavy (non-hydrogen) atoms. The number of ketones is 1. The summed E-state index contributed by atoms with van der Waals surface area (Å²) in [6, 6.07) is 9.58. The number of aldehydes is 1. The number of carbonyl (C=O) groups is 2. The predicted octanol–water partition coefficient (Wildman–Crippen LogP) is 1.53. The molecule has 0 radical (unpaired) electrons. The van der Waals surface area contributed by atoms with Gasteiger partial charge in [0.1, 0.15) is 12.9 Å². The van der Waals surface area contributed by atoms with Crippen LogP contribution in [0, 0.1) is 0 Å². The minimum Gasteiger partial charge on any atom is -0.369 e. The maximum absolute atomic E-state index is 11.0. The number of hydrogen-bond donors (Lipinski definition) is 0. The average Bonchev–Trinajstić information content (AvgIpc) is 2.28. The summed E-state index contributed by atoms with van der Waals surface area (Å²) in [5.74, 6) is -0.210. The molecule has 1 aromatic rings. The van der Waals surface area contributed by atoms with Crippen LogP contribution in [0.15, 0.2) is 42.5 Å². The lowest BCUT2D eigenvalue weighted by atomic mass is 10.2. The first-order chi connectivity index (χ1) is 7.33. The van der Waals surface area contributed by atoms with E-state index in [0.29, 0.717) is 12.9 Å². The summed E-state index contributed by atoms with van der Waals surface area (Å²) in [4.78, 5) is 20.9. The Morgan fingerprint density at radius 2 is 2.00 bits per heavy atom. The minimum atomic E-state index is -0.210. The van der Waals surface area contributed by atoms with Gasteiger partial charge in [0.25, 0.3) is 0 Å². The van der Waals surface area contributed by atoms with Crippen molar-refractivity contribution in [2.75, 3.05) is 6.61 Å². The van der Waals surface area contributed by atoms with Gasteiger partial charge in [-0.05, 0) is 17.7 Å². The molecule has 3 nitrogen and oxygen atoms in total. The Morgan fingerprint density at radius 1 is 1.27 bits per heavy atom. The lowest BCUT2D eigenvalue weighted by Crippen LogP contribution is -2.05. The summed E-state index contributed by atoms with van der Waals surface area (Å²) in [7, 11) is 0. The first kappa shape index (κ1) is 11.3. The van der Waals surface area contributed by atoms with E-state index < -0.39 is 0 Å². The van der Waals surface area contributed by atoms with Crippen LogP contribution in [0.25, 0.3) is 0 Å². The maximum atomic E-state index is 11.0. The first-order valence-corrected chi connectivity index (χ1v) is 4.59. The predicted molar refractivity (Wildman–Crippen MR) is 56.3 cm³/mol. The maximum Gasteiger partial charge on any atom is 0.181 e. The number of benzene rings is 1. The molecule has 0 aliphatic rings. The van der Waals surface area contributed by atoms with Crippen molar-refractivity contribution in [3.05, 3.63) is 48.0 Å². The third kappa shape index (κ3) is 4.88. The Labute approximate surface area is 88.4 Å². The number of rotatable bonds is 6. The van der Waals surface area contributed by atoms with Gasteiger partial charge in [0.2, 0.25) is 0 Å². The van der Waals surface area contributed by atoms with Crippen LogP contribution in [0.5, 0.6) is 0 Å². The third-order valence-corrected chi connectivity index (χ3v) is 1.72. The molecule has 0 N–H and O–H groups in total. The van der Waals surface area contributed by atoms with Crippen molar-refractivity contribution in [3.63, 3.8) is 0 Å². The molecule has 0 bridgehead atoms. The van der Waals surface area contributed by atoms with E-state index >= 15 is 0 Å². The van der Waals surface area contributed by atoms with Crippen LogP contribution >= 0.6 is 0 Å². The zero-order chi connectivity index (χ0) is 10.9. The lowest BCUT2D eigenvalue weighted by Gasteiger charge is -2.01. The summed E-state index contributed by atoms with van der Waals surface area (Å²) in [5.41, 5.74) is 1.02. The highest BCUT2D eigenvalue weighted by molar-refractivity contribution is 5.93. The molecule has 78 valence electrons. The minimum absolute atomic E-state index is 0.000760. The quantitative estimate of drug-likeness (QED) is 0.521. The molecule has 0 unspecified atom stereocenters. The van der Waals surface area contributed by atoms with Crippen LogP contribution in [0.3, 0.4) is 0 Å². The molecule has 0 saturated heterocycles. The number of ether oxygens (including phenoxy) is 1. The third-order valence-electron chi connectivity index (χ3n) is 1.72. The highest BCUT2D eigenvalue weighted by Gasteiger charge is 1.96. The van der Waals surface area contributed by atoms with E-state index in [4.69, 9.17) is 4.74 Å². The zero-order valence-electron chi connectivity index (χ0n) is 8.26. The SMILES string of the molecule is O=C/C=C\C(=O)COCc1ccccc1. The van der Waals surface area contributed by atoms with Gasteiger partial charge in [-0.1, -0.05) is 30.3 Å². The van der Waals surface area contributed by atoms with Crippen molar-refractivity contribution in [1.29, 1.82) is 0 Å². The van der Waals surface area contributed by atoms with Crippen molar-refractivity contribution in [2.45, 2.75) is 6.61 Å². The highest BCUT2D eigenvalue weighted by atomic mass is 16.5. The Morgan fingerprint density at radius 3 is 2.67 bits per heavy atom. The number of hydrogen-bond acceptors (Lipinski definition) is 3. The Bertz CT molecular complexity index is 341. The van der Waals surface area contributed by atoms with Gasteiger partial charge < -0.3 is 4.74 Å². The Hall–Kier alpha value is -1.74. The van der Waals surface area contributed by atoms with Crippen molar-refractivity contribution in [2.24, 2.45) is 0 Å². The second kappa shape index (κ2) is 6.68. The smallest absolute Gasteiger partial charge is 0.181 e. The zero-order valence-corrected chi connectivity index (χ0v) is 8.26. The van der Waals surface area contributed by atoms with Gasteiger partial charge in [-0.2, -0.15) is 0 Å². The molecular weight excluding hydrogens is 192 g/mol. The number of allylic oxidation sites excluding steroid dienone is 1. The topological polar surface area (TPSA) is 43.4 Å². The first-order valence-electron chi connectivity index (χ1n) is 4.59. The van der Waals surface area contributed by atoms with Gasteiger partial charge in [0.15, 0.2) is 5.78 Å². The molecule has 0 atom stereocenters. The van der Waals surface area contributed by atoms with Crippen LogP contribution in [0.2, 0.25) is 0 Å². The molecule has 1 aromatic carbocycles. The largest absolute Gasteiger partial charge is 0.369 e. The van der Waals surface area contributed by atoms with E-state index in [9.17, 15) is 9.59 Å². The van der Waals surface area contributed by atoms with Crippen LogP contribution in [-0.2, 0) is 20.9 Å². The summed E-state index contributed by atoms with van der Waals surface area (Å²) >= 11 is 0. The van der Waals surface area contributed by atoms with Crippen LogP contribution in [0.1, 0.15) is 5.56 Å². The van der Waals surface area contributed by atoms with E-state index in [1.807, 2.05) is 30.3 Å². The molecule has 0 aliphatic heterocycles. The molecule has 0 aliphatic carbocycles. The van der Waals surface area contributed by atoms with Crippen LogP contribution < -0.4 is 0 Å². The van der Waals surface area contributed by atoms with E-state index in [1.165, 1.54) is 6.08 Å². The van der Waals surface area contributed by atoms with Gasteiger partial charge in [0, 0.05) is 0 Å². The van der Waals surface area contributed by atoms with Gasteiger partial charge in [0.05, 0.1) is 6.61 Å². The van der Waals surface area contributed by atoms with Crippen molar-refractivity contribution in [1.82, 2.24) is 0 Å². The van der Waals surface area contributed by atoms with E-state index in [1.54, 1.807) is 0 Å². The van der Waals surface area contributed by atoms with Crippen molar-refractivity contribution in [3.8, 4) is 0 Å². The normalized spacial score (nSPS) is 10.4. The van der Waals surface area contributed by atoms with Crippen LogP contribution in [0.4, 0.5) is 0 Å². The fraction of sp³-hybridized carbons (Fsp3) is 0.167. The van der Waals surface area contributed by atoms with E-state index in [0.717, 1.165) is 11.6 Å². The van der Waals surface area contributed by atoms with Crippen molar-refractivity contribution < 1.29 is 14.3 Å². The van der Waals surface area contributed by atoms with E-state index in [-0.39, 0.29) is 12.4 Å². The second-order valence-electron chi connectivity index (χ2n) is 2.94. The summed E-state index contributed by atoms with van der Waals surface area (Å²) < 4.78 is 5.16. The molecule has 0 saturated carbocycles. The summed E-state index contributed by atoms with van der Waals surface area (Å²) in [6.45, 7) is 0.404.